The molecule has 0 aliphatic rings. The number of nitrogens with one attached hydrogen (secondary N) is 2. The molecule has 0 bridgehead atoms. The Balaban J connectivity index is 3.06. The fraction of sp³-hybridized carbons (Fsp3) is 0.688. The molecule has 0 saturated heterocycles. The maximum absolute atomic E-state index is 4.67. The zero-order valence-electron chi connectivity index (χ0n) is 13.7. The van der Waals surface area contributed by atoms with Gasteiger partial charge in [-0.15, -0.1) is 0 Å². The van der Waals surface area contributed by atoms with Crippen molar-refractivity contribution in [1.82, 2.24) is 10.3 Å². The van der Waals surface area contributed by atoms with Crippen LogP contribution in [0.4, 0.5) is 5.82 Å². The third-order valence-corrected chi connectivity index (χ3v) is 2.76. The van der Waals surface area contributed by atoms with Crippen molar-refractivity contribution in [3.63, 3.8) is 0 Å². The zero-order valence-corrected chi connectivity index (χ0v) is 13.7. The van der Waals surface area contributed by atoms with Crippen molar-refractivity contribution in [2.24, 2.45) is 0 Å². The Kier molecular flexibility index (Phi) is 4.62. The highest BCUT2D eigenvalue weighted by atomic mass is 15.1. The van der Waals surface area contributed by atoms with Gasteiger partial charge in [0, 0.05) is 28.9 Å². The summed E-state index contributed by atoms with van der Waals surface area (Å²) in [4.78, 5) is 4.67. The van der Waals surface area contributed by atoms with Crippen molar-refractivity contribution >= 4 is 5.82 Å². The molecule has 0 unspecified atom stereocenters. The standard InChI is InChI=1S/C16H29N3/c1-11-9-12(2)18-14(19-16(6,7)8)13(11)10-17-15(3,4)5/h9,17H,10H2,1-8H3,(H,18,19). The summed E-state index contributed by atoms with van der Waals surface area (Å²) in [7, 11) is 0. The Morgan fingerprint density at radius 3 is 2.05 bits per heavy atom. The Bertz CT molecular complexity index is 437. The van der Waals surface area contributed by atoms with Gasteiger partial charge in [0.15, 0.2) is 0 Å². The van der Waals surface area contributed by atoms with Crippen LogP contribution in [0.2, 0.25) is 0 Å². The minimum atomic E-state index is 0.0176. The van der Waals surface area contributed by atoms with Gasteiger partial charge < -0.3 is 10.6 Å². The first kappa shape index (κ1) is 16.0. The largest absolute Gasteiger partial charge is 0.365 e. The number of aryl methyl sites for hydroxylation is 2. The van der Waals surface area contributed by atoms with Crippen molar-refractivity contribution in [3.05, 3.63) is 22.9 Å². The number of rotatable bonds is 3. The van der Waals surface area contributed by atoms with Crippen LogP contribution in [0.1, 0.15) is 58.4 Å². The van der Waals surface area contributed by atoms with Gasteiger partial charge in [0.2, 0.25) is 0 Å². The fourth-order valence-electron chi connectivity index (χ4n) is 1.90. The number of pyridine rings is 1. The van der Waals surface area contributed by atoms with Crippen LogP contribution in [0.15, 0.2) is 6.07 Å². The lowest BCUT2D eigenvalue weighted by molar-refractivity contribution is 0.423. The molecule has 19 heavy (non-hydrogen) atoms. The summed E-state index contributed by atoms with van der Waals surface area (Å²) in [5.41, 5.74) is 3.73. The van der Waals surface area contributed by atoms with Crippen LogP contribution in [0, 0.1) is 13.8 Å². The van der Waals surface area contributed by atoms with Gasteiger partial charge in [-0.2, -0.15) is 0 Å². The molecule has 0 spiro atoms. The van der Waals surface area contributed by atoms with Crippen molar-refractivity contribution in [1.29, 1.82) is 0 Å². The van der Waals surface area contributed by atoms with E-state index in [1.807, 2.05) is 6.92 Å². The van der Waals surface area contributed by atoms with Gasteiger partial charge in [-0.3, -0.25) is 0 Å². The van der Waals surface area contributed by atoms with Crippen LogP contribution < -0.4 is 10.6 Å². The molecule has 0 aliphatic heterocycles. The van der Waals surface area contributed by atoms with Gasteiger partial charge in [-0.1, -0.05) is 0 Å². The Morgan fingerprint density at radius 1 is 1.00 bits per heavy atom. The van der Waals surface area contributed by atoms with E-state index >= 15 is 0 Å². The van der Waals surface area contributed by atoms with Crippen LogP contribution in [0.3, 0.4) is 0 Å². The minimum Gasteiger partial charge on any atom is -0.365 e. The first-order chi connectivity index (χ1) is 8.48. The molecule has 0 fully saturated rings. The van der Waals surface area contributed by atoms with Gasteiger partial charge in [0.05, 0.1) is 0 Å². The molecule has 1 aromatic rings. The highest BCUT2D eigenvalue weighted by molar-refractivity contribution is 5.50. The van der Waals surface area contributed by atoms with Crippen molar-refractivity contribution in [3.8, 4) is 0 Å². The molecular weight excluding hydrogens is 234 g/mol. The minimum absolute atomic E-state index is 0.0176. The van der Waals surface area contributed by atoms with E-state index in [0.717, 1.165) is 18.1 Å². The molecule has 1 aromatic heterocycles. The first-order valence-corrected chi connectivity index (χ1v) is 6.98. The van der Waals surface area contributed by atoms with Crippen molar-refractivity contribution in [2.75, 3.05) is 5.32 Å². The van der Waals surface area contributed by atoms with Gasteiger partial charge in [-0.25, -0.2) is 4.98 Å². The second-order valence-electron chi connectivity index (χ2n) is 7.39. The lowest BCUT2D eigenvalue weighted by Gasteiger charge is -2.26. The normalized spacial score (nSPS) is 12.6. The molecule has 3 nitrogen and oxygen atoms in total. The van der Waals surface area contributed by atoms with Crippen LogP contribution in [0.5, 0.6) is 0 Å². The Hall–Kier alpha value is -1.09. The van der Waals surface area contributed by atoms with Crippen LogP contribution in [0.25, 0.3) is 0 Å². The third kappa shape index (κ3) is 5.60. The quantitative estimate of drug-likeness (QED) is 0.871. The number of anilines is 1. The monoisotopic (exact) mass is 263 g/mol. The molecule has 0 radical (unpaired) electrons. The summed E-state index contributed by atoms with van der Waals surface area (Å²) in [5.74, 6) is 1.00. The summed E-state index contributed by atoms with van der Waals surface area (Å²) >= 11 is 0. The molecule has 3 heteroatoms. The Labute approximate surface area is 118 Å². The van der Waals surface area contributed by atoms with Crippen molar-refractivity contribution < 1.29 is 0 Å². The second-order valence-corrected chi connectivity index (χ2v) is 7.39. The van der Waals surface area contributed by atoms with Gasteiger partial charge in [-0.05, 0) is 67.0 Å². The van der Waals surface area contributed by atoms with E-state index < -0.39 is 0 Å². The molecule has 0 amide bonds. The van der Waals surface area contributed by atoms with E-state index in [1.165, 1.54) is 11.1 Å². The number of hydrogen-bond acceptors (Lipinski definition) is 3. The van der Waals surface area contributed by atoms with E-state index in [2.05, 4.69) is 70.2 Å². The molecule has 0 aliphatic carbocycles. The van der Waals surface area contributed by atoms with E-state index in [9.17, 15) is 0 Å². The average Bonchev–Trinajstić information content (AvgIpc) is 2.10. The van der Waals surface area contributed by atoms with Crippen LogP contribution in [-0.2, 0) is 6.54 Å². The fourth-order valence-corrected chi connectivity index (χ4v) is 1.90. The summed E-state index contributed by atoms with van der Waals surface area (Å²) in [6.45, 7) is 18.1. The molecule has 2 N–H and O–H groups in total. The maximum atomic E-state index is 4.67. The molecule has 0 aromatic carbocycles. The third-order valence-electron chi connectivity index (χ3n) is 2.76. The summed E-state index contributed by atoms with van der Waals surface area (Å²) in [5, 5.41) is 7.06. The van der Waals surface area contributed by atoms with E-state index in [-0.39, 0.29) is 11.1 Å². The number of nitrogens with zero attached hydrogens (tertiary/aromatic N) is 1. The van der Waals surface area contributed by atoms with Crippen LogP contribution in [-0.4, -0.2) is 16.1 Å². The lowest BCUT2D eigenvalue weighted by atomic mass is 10.0. The van der Waals surface area contributed by atoms with Gasteiger partial charge in [0.25, 0.3) is 0 Å². The topological polar surface area (TPSA) is 37.0 Å². The molecule has 108 valence electrons. The number of hydrogen-bond donors (Lipinski definition) is 2. The maximum Gasteiger partial charge on any atom is 0.131 e. The highest BCUT2D eigenvalue weighted by Crippen LogP contribution is 2.22. The predicted octanol–water partition coefficient (Wildman–Crippen LogP) is 3.80. The zero-order chi connectivity index (χ0) is 14.8. The van der Waals surface area contributed by atoms with E-state index in [1.54, 1.807) is 0 Å². The Morgan fingerprint density at radius 2 is 1.58 bits per heavy atom. The predicted molar refractivity (Wildman–Crippen MR) is 83.7 cm³/mol. The summed E-state index contributed by atoms with van der Waals surface area (Å²) < 4.78 is 0. The van der Waals surface area contributed by atoms with Gasteiger partial charge >= 0.3 is 0 Å². The van der Waals surface area contributed by atoms with E-state index in [4.69, 9.17) is 0 Å². The van der Waals surface area contributed by atoms with Crippen molar-refractivity contribution in [2.45, 2.75) is 73.0 Å². The van der Waals surface area contributed by atoms with Crippen LogP contribution >= 0.6 is 0 Å². The molecule has 0 saturated carbocycles. The molecular formula is C16H29N3. The second kappa shape index (κ2) is 5.49. The highest BCUT2D eigenvalue weighted by Gasteiger charge is 2.17. The first-order valence-electron chi connectivity index (χ1n) is 6.98. The molecule has 0 atom stereocenters. The van der Waals surface area contributed by atoms with E-state index in [0.29, 0.717) is 0 Å². The smallest absolute Gasteiger partial charge is 0.131 e. The number of aromatic nitrogens is 1. The molecule has 1 heterocycles. The average molecular weight is 263 g/mol. The SMILES string of the molecule is Cc1cc(C)c(CNC(C)(C)C)c(NC(C)(C)C)n1. The molecule has 1 rings (SSSR count). The summed E-state index contributed by atoms with van der Waals surface area (Å²) in [6.07, 6.45) is 0. The lowest BCUT2D eigenvalue weighted by Crippen LogP contribution is -2.36. The summed E-state index contributed by atoms with van der Waals surface area (Å²) in [6, 6.07) is 2.15. The van der Waals surface area contributed by atoms with Gasteiger partial charge in [0.1, 0.15) is 5.82 Å².